The van der Waals surface area contributed by atoms with E-state index in [1.54, 1.807) is 0 Å². The standard InChI is InChI=1S/C6H6.4H2O/c1-2-4-6-5-3-1;;;;/h1-6H;4*1H2. The Morgan fingerprint density at radius 1 is 0.300 bits per heavy atom. The first kappa shape index (κ1) is 23.0. The number of hydrogen-bond donors (Lipinski definition) is 0. The van der Waals surface area contributed by atoms with Crippen LogP contribution in [0.15, 0.2) is 36.4 Å². The van der Waals surface area contributed by atoms with Gasteiger partial charge in [0.05, 0.1) is 0 Å². The van der Waals surface area contributed by atoms with Crippen molar-refractivity contribution in [2.75, 3.05) is 0 Å². The van der Waals surface area contributed by atoms with E-state index < -0.39 is 0 Å². The van der Waals surface area contributed by atoms with Crippen LogP contribution in [0.5, 0.6) is 0 Å². The molecule has 0 saturated carbocycles. The minimum atomic E-state index is 0. The van der Waals surface area contributed by atoms with Crippen molar-refractivity contribution >= 4 is 0 Å². The fraction of sp³-hybridized carbons (Fsp3) is 0. The van der Waals surface area contributed by atoms with E-state index in [1.165, 1.54) is 0 Å². The van der Waals surface area contributed by atoms with Crippen LogP contribution in [0.4, 0.5) is 0 Å². The zero-order chi connectivity index (χ0) is 4.24. The van der Waals surface area contributed by atoms with Crippen molar-refractivity contribution < 1.29 is 21.9 Å². The Bertz CT molecular complexity index is 81.7. The summed E-state index contributed by atoms with van der Waals surface area (Å²) >= 11 is 0. The summed E-state index contributed by atoms with van der Waals surface area (Å²) in [6, 6.07) is 12.0. The quantitative estimate of drug-likeness (QED) is 0.421. The monoisotopic (exact) mass is 150 g/mol. The van der Waals surface area contributed by atoms with Crippen molar-refractivity contribution in [1.82, 2.24) is 0 Å². The third-order valence-electron chi connectivity index (χ3n) is 0.667. The van der Waals surface area contributed by atoms with Gasteiger partial charge in [-0.3, -0.25) is 0 Å². The van der Waals surface area contributed by atoms with Crippen molar-refractivity contribution in [3.63, 3.8) is 0 Å². The van der Waals surface area contributed by atoms with E-state index in [4.69, 9.17) is 0 Å². The summed E-state index contributed by atoms with van der Waals surface area (Å²) in [5.41, 5.74) is 0. The highest BCUT2D eigenvalue weighted by molar-refractivity contribution is 4.99. The topological polar surface area (TPSA) is 126 Å². The van der Waals surface area contributed by atoms with Crippen LogP contribution in [0.2, 0.25) is 0 Å². The molecule has 0 fully saturated rings. The van der Waals surface area contributed by atoms with Crippen molar-refractivity contribution in [3.8, 4) is 0 Å². The summed E-state index contributed by atoms with van der Waals surface area (Å²) in [6.07, 6.45) is 0. The molecular formula is C6H14O4. The van der Waals surface area contributed by atoms with Crippen molar-refractivity contribution in [1.29, 1.82) is 0 Å². The fourth-order valence-corrected chi connectivity index (χ4v) is 0.385. The molecule has 1 aromatic rings. The summed E-state index contributed by atoms with van der Waals surface area (Å²) in [7, 11) is 0. The van der Waals surface area contributed by atoms with Gasteiger partial charge < -0.3 is 21.9 Å². The SMILES string of the molecule is O.O.O.O.c1ccccc1. The maximum atomic E-state index is 2.00. The van der Waals surface area contributed by atoms with Gasteiger partial charge in [0, 0.05) is 0 Å². The van der Waals surface area contributed by atoms with Crippen LogP contribution in [-0.2, 0) is 0 Å². The van der Waals surface area contributed by atoms with Crippen LogP contribution in [0, 0.1) is 0 Å². The Morgan fingerprint density at radius 3 is 0.500 bits per heavy atom. The van der Waals surface area contributed by atoms with Crippen molar-refractivity contribution in [3.05, 3.63) is 36.4 Å². The van der Waals surface area contributed by atoms with Crippen LogP contribution < -0.4 is 0 Å². The normalized spacial score (nSPS) is 4.80. The Labute approximate surface area is 59.4 Å². The van der Waals surface area contributed by atoms with E-state index in [0.29, 0.717) is 0 Å². The van der Waals surface area contributed by atoms with Gasteiger partial charge in [-0.25, -0.2) is 0 Å². The molecule has 8 N–H and O–H groups in total. The molecule has 0 spiro atoms. The van der Waals surface area contributed by atoms with Gasteiger partial charge in [0.2, 0.25) is 0 Å². The van der Waals surface area contributed by atoms with Gasteiger partial charge in [0.15, 0.2) is 0 Å². The summed E-state index contributed by atoms with van der Waals surface area (Å²) in [5.74, 6) is 0. The summed E-state index contributed by atoms with van der Waals surface area (Å²) in [5, 5.41) is 0. The zero-order valence-electron chi connectivity index (χ0n) is 5.46. The van der Waals surface area contributed by atoms with Crippen LogP contribution in [0.25, 0.3) is 0 Å². The zero-order valence-corrected chi connectivity index (χ0v) is 5.46. The summed E-state index contributed by atoms with van der Waals surface area (Å²) in [6.45, 7) is 0. The van der Waals surface area contributed by atoms with Crippen LogP contribution in [-0.4, -0.2) is 21.9 Å². The van der Waals surface area contributed by atoms with Gasteiger partial charge in [-0.2, -0.15) is 0 Å². The van der Waals surface area contributed by atoms with Gasteiger partial charge in [0.25, 0.3) is 0 Å². The molecule has 0 aliphatic carbocycles. The molecule has 10 heavy (non-hydrogen) atoms. The average molecular weight is 150 g/mol. The van der Waals surface area contributed by atoms with E-state index in [9.17, 15) is 0 Å². The lowest BCUT2D eigenvalue weighted by Gasteiger charge is -1.69. The highest BCUT2D eigenvalue weighted by Gasteiger charge is 1.57. The second-order valence-electron chi connectivity index (χ2n) is 1.15. The molecule has 1 aromatic carbocycles. The second-order valence-corrected chi connectivity index (χ2v) is 1.15. The molecule has 0 atom stereocenters. The van der Waals surface area contributed by atoms with Crippen molar-refractivity contribution in [2.24, 2.45) is 0 Å². The molecule has 0 aliphatic heterocycles. The van der Waals surface area contributed by atoms with Crippen molar-refractivity contribution in [2.45, 2.75) is 0 Å². The largest absolute Gasteiger partial charge is 0.412 e. The molecule has 0 saturated heterocycles. The van der Waals surface area contributed by atoms with E-state index >= 15 is 0 Å². The van der Waals surface area contributed by atoms with E-state index in [2.05, 4.69) is 0 Å². The lowest BCUT2D eigenvalue weighted by Crippen LogP contribution is -1.47. The Morgan fingerprint density at radius 2 is 0.400 bits per heavy atom. The third kappa shape index (κ3) is 10.1. The van der Waals surface area contributed by atoms with Crippen LogP contribution in [0.3, 0.4) is 0 Å². The van der Waals surface area contributed by atoms with E-state index in [-0.39, 0.29) is 21.9 Å². The molecule has 62 valence electrons. The predicted octanol–water partition coefficient (Wildman–Crippen LogP) is -1.61. The molecule has 4 heteroatoms. The Hall–Kier alpha value is -0.940. The summed E-state index contributed by atoms with van der Waals surface area (Å²) in [4.78, 5) is 0. The number of rotatable bonds is 0. The summed E-state index contributed by atoms with van der Waals surface area (Å²) < 4.78 is 0. The van der Waals surface area contributed by atoms with E-state index in [0.717, 1.165) is 0 Å². The number of benzene rings is 1. The molecule has 1 rings (SSSR count). The maximum Gasteiger partial charge on any atom is -0.0623 e. The molecule has 0 heterocycles. The van der Waals surface area contributed by atoms with E-state index in [1.807, 2.05) is 36.4 Å². The lowest BCUT2D eigenvalue weighted by atomic mass is 10.4. The van der Waals surface area contributed by atoms with Crippen LogP contribution in [0.1, 0.15) is 0 Å². The van der Waals surface area contributed by atoms with Gasteiger partial charge in [-0.1, -0.05) is 36.4 Å². The molecule has 4 nitrogen and oxygen atoms in total. The number of hydrogen-bond acceptors (Lipinski definition) is 0. The molecular weight excluding hydrogens is 136 g/mol. The third-order valence-corrected chi connectivity index (χ3v) is 0.667. The minimum absolute atomic E-state index is 0. The average Bonchev–Trinajstić information content (AvgIpc) is 1.72. The highest BCUT2D eigenvalue weighted by atomic mass is 16.0. The molecule has 0 bridgehead atoms. The maximum absolute atomic E-state index is 2.00. The molecule has 0 aromatic heterocycles. The van der Waals surface area contributed by atoms with Gasteiger partial charge in [-0.05, 0) is 0 Å². The van der Waals surface area contributed by atoms with Gasteiger partial charge in [-0.15, -0.1) is 0 Å². The van der Waals surface area contributed by atoms with Gasteiger partial charge >= 0.3 is 0 Å². The van der Waals surface area contributed by atoms with Crippen LogP contribution >= 0.6 is 0 Å². The smallest absolute Gasteiger partial charge is 0.0623 e. The lowest BCUT2D eigenvalue weighted by molar-refractivity contribution is 0.823. The van der Waals surface area contributed by atoms with Gasteiger partial charge in [0.1, 0.15) is 0 Å². The predicted molar refractivity (Wildman–Crippen MR) is 40.9 cm³/mol. The first-order chi connectivity index (χ1) is 3.00. The molecule has 0 aliphatic rings. The molecule has 0 amide bonds. The molecule has 0 radical (unpaired) electrons. The molecule has 0 unspecified atom stereocenters. The Balaban J connectivity index is -0.0000000450. The Kier molecular flexibility index (Phi) is 36.1. The second kappa shape index (κ2) is 15.7. The first-order valence-corrected chi connectivity index (χ1v) is 2.00. The first-order valence-electron chi connectivity index (χ1n) is 2.00. The minimum Gasteiger partial charge on any atom is -0.412 e. The fourth-order valence-electron chi connectivity index (χ4n) is 0.385. The highest BCUT2D eigenvalue weighted by Crippen LogP contribution is 1.79.